The van der Waals surface area contributed by atoms with E-state index in [9.17, 15) is 4.79 Å². The zero-order valence-electron chi connectivity index (χ0n) is 11.5. The Morgan fingerprint density at radius 1 is 1.57 bits per heavy atom. The molecule has 1 atom stereocenters. The number of carbonyl (C=O) groups excluding carboxylic acids is 1. The molecule has 2 aromatic rings. The van der Waals surface area contributed by atoms with Gasteiger partial charge in [0.15, 0.2) is 0 Å². The third kappa shape index (κ3) is 3.12. The van der Waals surface area contributed by atoms with E-state index < -0.39 is 6.04 Å². The molecule has 1 aliphatic heterocycles. The van der Waals surface area contributed by atoms with Crippen LogP contribution in [0, 0.1) is 0 Å². The zero-order valence-corrected chi connectivity index (χ0v) is 12.3. The molecule has 0 bridgehead atoms. The molecule has 2 aromatic heterocycles. The highest BCUT2D eigenvalue weighted by Crippen LogP contribution is 2.23. The third-order valence-corrected chi connectivity index (χ3v) is 4.11. The first kappa shape index (κ1) is 14.2. The number of aromatic nitrogens is 2. The van der Waals surface area contributed by atoms with Crippen molar-refractivity contribution in [3.05, 3.63) is 23.4 Å². The van der Waals surface area contributed by atoms with Gasteiger partial charge in [-0.2, -0.15) is 0 Å². The molecule has 3 rings (SSSR count). The SMILES string of the molecule is COC(=O)C1COCCN1Cc1nnc(-c2cccs2)o1. The maximum atomic E-state index is 11.8. The van der Waals surface area contributed by atoms with E-state index in [0.29, 0.717) is 38.1 Å². The zero-order chi connectivity index (χ0) is 14.7. The number of carbonyl (C=O) groups is 1. The lowest BCUT2D eigenvalue weighted by molar-refractivity contribution is -0.153. The van der Waals surface area contributed by atoms with Gasteiger partial charge in [0.2, 0.25) is 5.89 Å². The molecular weight excluding hydrogens is 294 g/mol. The van der Waals surface area contributed by atoms with Crippen LogP contribution in [0.1, 0.15) is 5.89 Å². The molecule has 21 heavy (non-hydrogen) atoms. The Hall–Kier alpha value is -1.77. The summed E-state index contributed by atoms with van der Waals surface area (Å²) >= 11 is 1.54. The number of esters is 1. The second-order valence-corrected chi connectivity index (χ2v) is 5.51. The summed E-state index contributed by atoms with van der Waals surface area (Å²) in [6, 6.07) is 3.42. The average Bonchev–Trinajstić information content (AvgIpc) is 3.18. The van der Waals surface area contributed by atoms with Gasteiger partial charge in [-0.05, 0) is 11.4 Å². The number of thiophene rings is 1. The minimum Gasteiger partial charge on any atom is -0.468 e. The lowest BCUT2D eigenvalue weighted by Gasteiger charge is -2.32. The maximum Gasteiger partial charge on any atom is 0.325 e. The highest BCUT2D eigenvalue weighted by molar-refractivity contribution is 7.13. The smallest absolute Gasteiger partial charge is 0.325 e. The molecule has 0 spiro atoms. The van der Waals surface area contributed by atoms with Crippen molar-refractivity contribution in [1.29, 1.82) is 0 Å². The van der Waals surface area contributed by atoms with Crippen molar-refractivity contribution in [3.8, 4) is 10.8 Å². The normalized spacial score (nSPS) is 19.6. The first-order valence-corrected chi connectivity index (χ1v) is 7.42. The van der Waals surface area contributed by atoms with E-state index in [1.54, 1.807) is 11.3 Å². The number of nitrogens with zero attached hydrogens (tertiary/aromatic N) is 3. The number of hydrogen-bond donors (Lipinski definition) is 0. The van der Waals surface area contributed by atoms with Crippen molar-refractivity contribution in [3.63, 3.8) is 0 Å². The fraction of sp³-hybridized carbons (Fsp3) is 0.462. The van der Waals surface area contributed by atoms with Gasteiger partial charge in [-0.25, -0.2) is 0 Å². The van der Waals surface area contributed by atoms with Gasteiger partial charge in [-0.15, -0.1) is 21.5 Å². The highest BCUT2D eigenvalue weighted by atomic mass is 32.1. The molecule has 0 aromatic carbocycles. The van der Waals surface area contributed by atoms with Crippen LogP contribution in [0.3, 0.4) is 0 Å². The molecule has 1 fully saturated rings. The topological polar surface area (TPSA) is 77.7 Å². The molecule has 7 nitrogen and oxygen atoms in total. The van der Waals surface area contributed by atoms with E-state index in [1.165, 1.54) is 7.11 Å². The number of hydrogen-bond acceptors (Lipinski definition) is 8. The van der Waals surface area contributed by atoms with Crippen molar-refractivity contribution in [2.75, 3.05) is 26.9 Å². The van der Waals surface area contributed by atoms with Crippen molar-refractivity contribution >= 4 is 17.3 Å². The molecule has 1 unspecified atom stereocenters. The Morgan fingerprint density at radius 2 is 2.48 bits per heavy atom. The summed E-state index contributed by atoms with van der Waals surface area (Å²) in [5, 5.41) is 10.0. The maximum absolute atomic E-state index is 11.8. The number of morpholine rings is 1. The van der Waals surface area contributed by atoms with Crippen LogP contribution >= 0.6 is 11.3 Å². The number of ether oxygens (including phenoxy) is 2. The summed E-state index contributed by atoms with van der Waals surface area (Å²) in [6.07, 6.45) is 0. The Bertz CT molecular complexity index is 598. The summed E-state index contributed by atoms with van der Waals surface area (Å²) < 4.78 is 15.8. The van der Waals surface area contributed by atoms with E-state index in [-0.39, 0.29) is 5.97 Å². The van der Waals surface area contributed by atoms with E-state index in [4.69, 9.17) is 13.9 Å². The molecule has 0 N–H and O–H groups in total. The molecule has 1 saturated heterocycles. The fourth-order valence-electron chi connectivity index (χ4n) is 2.17. The Kier molecular flexibility index (Phi) is 4.28. The molecule has 0 aliphatic carbocycles. The Balaban J connectivity index is 1.71. The van der Waals surface area contributed by atoms with Gasteiger partial charge in [0.25, 0.3) is 5.89 Å². The van der Waals surface area contributed by atoms with Crippen molar-refractivity contribution < 1.29 is 18.7 Å². The molecule has 8 heteroatoms. The molecular formula is C13H15N3O4S. The number of methoxy groups -OCH3 is 1. The Labute approximate surface area is 125 Å². The summed E-state index contributed by atoms with van der Waals surface area (Å²) in [7, 11) is 1.37. The van der Waals surface area contributed by atoms with Gasteiger partial charge in [0.05, 0.1) is 31.7 Å². The largest absolute Gasteiger partial charge is 0.468 e. The first-order chi connectivity index (χ1) is 10.3. The molecule has 3 heterocycles. The third-order valence-electron chi connectivity index (χ3n) is 3.25. The number of rotatable bonds is 4. The van der Waals surface area contributed by atoms with Gasteiger partial charge in [-0.1, -0.05) is 6.07 Å². The van der Waals surface area contributed by atoms with Crippen LogP contribution < -0.4 is 0 Å². The van der Waals surface area contributed by atoms with Crippen LogP contribution in [0.4, 0.5) is 0 Å². The highest BCUT2D eigenvalue weighted by Gasteiger charge is 2.31. The van der Waals surface area contributed by atoms with Crippen LogP contribution in [-0.4, -0.2) is 54.0 Å². The van der Waals surface area contributed by atoms with Crippen LogP contribution in [0.25, 0.3) is 10.8 Å². The van der Waals surface area contributed by atoms with E-state index in [2.05, 4.69) is 10.2 Å². The lowest BCUT2D eigenvalue weighted by atomic mass is 10.2. The van der Waals surface area contributed by atoms with E-state index in [1.807, 2.05) is 22.4 Å². The predicted octanol–water partition coefficient (Wildman–Crippen LogP) is 1.17. The van der Waals surface area contributed by atoms with Gasteiger partial charge >= 0.3 is 5.97 Å². The quantitative estimate of drug-likeness (QED) is 0.785. The summed E-state index contributed by atoms with van der Waals surface area (Å²) in [5.41, 5.74) is 0. The van der Waals surface area contributed by atoms with Crippen molar-refractivity contribution in [2.24, 2.45) is 0 Å². The van der Waals surface area contributed by atoms with Crippen molar-refractivity contribution in [2.45, 2.75) is 12.6 Å². The average molecular weight is 309 g/mol. The standard InChI is InChI=1S/C13H15N3O4S/c1-18-13(17)9-8-19-5-4-16(9)7-11-14-15-12(20-11)10-3-2-6-21-10/h2-3,6,9H,4-5,7-8H2,1H3. The van der Waals surface area contributed by atoms with E-state index >= 15 is 0 Å². The fourth-order valence-corrected chi connectivity index (χ4v) is 2.82. The van der Waals surface area contributed by atoms with Crippen LogP contribution in [-0.2, 0) is 20.8 Å². The summed E-state index contributed by atoms with van der Waals surface area (Å²) in [4.78, 5) is 14.6. The molecule has 0 amide bonds. The molecule has 1 aliphatic rings. The van der Waals surface area contributed by atoms with Crippen LogP contribution in [0.2, 0.25) is 0 Å². The second-order valence-electron chi connectivity index (χ2n) is 4.56. The lowest BCUT2D eigenvalue weighted by Crippen LogP contribution is -2.49. The van der Waals surface area contributed by atoms with Gasteiger partial charge in [0.1, 0.15) is 6.04 Å². The predicted molar refractivity (Wildman–Crippen MR) is 74.6 cm³/mol. The van der Waals surface area contributed by atoms with Crippen LogP contribution in [0.15, 0.2) is 21.9 Å². The Morgan fingerprint density at radius 3 is 3.24 bits per heavy atom. The monoisotopic (exact) mass is 309 g/mol. The van der Waals surface area contributed by atoms with Crippen LogP contribution in [0.5, 0.6) is 0 Å². The molecule has 0 radical (unpaired) electrons. The van der Waals surface area contributed by atoms with Gasteiger partial charge < -0.3 is 13.9 Å². The summed E-state index contributed by atoms with van der Waals surface area (Å²) in [5.74, 6) is 0.671. The molecule has 112 valence electrons. The second kappa shape index (κ2) is 6.33. The molecule has 0 saturated carbocycles. The first-order valence-electron chi connectivity index (χ1n) is 6.54. The summed E-state index contributed by atoms with van der Waals surface area (Å²) in [6.45, 7) is 1.91. The van der Waals surface area contributed by atoms with Gasteiger partial charge in [-0.3, -0.25) is 9.69 Å². The minimum atomic E-state index is -0.430. The van der Waals surface area contributed by atoms with E-state index in [0.717, 1.165) is 4.88 Å². The van der Waals surface area contributed by atoms with Crippen molar-refractivity contribution in [1.82, 2.24) is 15.1 Å². The van der Waals surface area contributed by atoms with Gasteiger partial charge in [0, 0.05) is 6.54 Å². The minimum absolute atomic E-state index is 0.312.